The molecule has 0 saturated carbocycles. The number of fused-ring (bicyclic) bond motifs is 1. The number of rotatable bonds is 4. The van der Waals surface area contributed by atoms with E-state index in [2.05, 4.69) is 5.32 Å². The minimum atomic E-state index is -0.349. The lowest BCUT2D eigenvalue weighted by Gasteiger charge is -2.05. The summed E-state index contributed by atoms with van der Waals surface area (Å²) in [5.74, 6) is -0.115. The minimum Gasteiger partial charge on any atom is -0.451 e. The van der Waals surface area contributed by atoms with Crippen molar-refractivity contribution in [2.75, 3.05) is 12.4 Å². The lowest BCUT2D eigenvalue weighted by Crippen LogP contribution is -2.13. The molecule has 3 rings (SSSR count). The van der Waals surface area contributed by atoms with Crippen LogP contribution in [0.3, 0.4) is 0 Å². The topological polar surface area (TPSA) is 75.3 Å². The van der Waals surface area contributed by atoms with Gasteiger partial charge in [0, 0.05) is 23.7 Å². The van der Waals surface area contributed by atoms with Crippen LogP contribution in [-0.4, -0.2) is 13.0 Å². The van der Waals surface area contributed by atoms with Crippen molar-refractivity contribution in [3.63, 3.8) is 0 Å². The van der Waals surface area contributed by atoms with Gasteiger partial charge in [-0.05, 0) is 30.3 Å². The van der Waals surface area contributed by atoms with E-state index in [9.17, 15) is 4.79 Å². The van der Waals surface area contributed by atoms with E-state index in [1.807, 2.05) is 30.3 Å². The van der Waals surface area contributed by atoms with Crippen LogP contribution in [0.15, 0.2) is 52.9 Å². The number of hydrogen-bond acceptors (Lipinski definition) is 4. The van der Waals surface area contributed by atoms with Gasteiger partial charge in [0.25, 0.3) is 5.91 Å². The van der Waals surface area contributed by atoms with E-state index in [0.717, 1.165) is 5.39 Å². The molecule has 2 aromatic carbocycles. The fourth-order valence-corrected chi connectivity index (χ4v) is 2.39. The highest BCUT2D eigenvalue weighted by Crippen LogP contribution is 2.27. The second-order valence-electron chi connectivity index (χ2n) is 4.98. The zero-order valence-electron chi connectivity index (χ0n) is 12.5. The molecule has 5 nitrogen and oxygen atoms in total. The molecular formula is C18H14N2O3. The highest BCUT2D eigenvalue weighted by atomic mass is 16.5. The van der Waals surface area contributed by atoms with Gasteiger partial charge in [-0.15, -0.1) is 0 Å². The van der Waals surface area contributed by atoms with Crippen LogP contribution in [-0.2, 0) is 11.3 Å². The maximum Gasteiger partial charge on any atom is 0.291 e. The van der Waals surface area contributed by atoms with E-state index in [4.69, 9.17) is 14.4 Å². The molecule has 1 heterocycles. The third kappa shape index (κ3) is 2.93. The number of nitrogens with zero attached hydrogens (tertiary/aromatic N) is 1. The Labute approximate surface area is 133 Å². The number of para-hydroxylation sites is 1. The Bertz CT molecular complexity index is 889. The largest absolute Gasteiger partial charge is 0.451 e. The van der Waals surface area contributed by atoms with Crippen LogP contribution in [0.1, 0.15) is 21.7 Å². The summed E-state index contributed by atoms with van der Waals surface area (Å²) in [6.07, 6.45) is 0. The first-order chi connectivity index (χ1) is 11.2. The molecule has 0 fully saturated rings. The first kappa shape index (κ1) is 14.8. The van der Waals surface area contributed by atoms with Crippen LogP contribution >= 0.6 is 0 Å². The van der Waals surface area contributed by atoms with Gasteiger partial charge in [-0.2, -0.15) is 5.26 Å². The van der Waals surface area contributed by atoms with E-state index in [0.29, 0.717) is 22.4 Å². The highest BCUT2D eigenvalue weighted by molar-refractivity contribution is 6.06. The predicted molar refractivity (Wildman–Crippen MR) is 86.0 cm³/mol. The van der Waals surface area contributed by atoms with Crippen molar-refractivity contribution >= 4 is 22.6 Å². The number of methoxy groups -OCH3 is 1. The van der Waals surface area contributed by atoms with Crippen molar-refractivity contribution in [2.45, 2.75) is 6.61 Å². The minimum absolute atomic E-state index is 0.234. The van der Waals surface area contributed by atoms with Gasteiger partial charge in [-0.1, -0.05) is 18.2 Å². The van der Waals surface area contributed by atoms with Crippen LogP contribution in [0, 0.1) is 11.3 Å². The Balaban J connectivity index is 1.93. The molecule has 0 radical (unpaired) electrons. The molecule has 23 heavy (non-hydrogen) atoms. The molecule has 1 N–H and O–H groups in total. The van der Waals surface area contributed by atoms with E-state index in [1.54, 1.807) is 31.4 Å². The van der Waals surface area contributed by atoms with Crippen LogP contribution in [0.25, 0.3) is 11.0 Å². The lowest BCUT2D eigenvalue weighted by molar-refractivity contribution is 0.0992. The monoisotopic (exact) mass is 306 g/mol. The van der Waals surface area contributed by atoms with Crippen molar-refractivity contribution in [1.29, 1.82) is 5.26 Å². The molecule has 3 aromatic rings. The van der Waals surface area contributed by atoms with Crippen molar-refractivity contribution in [3.8, 4) is 6.07 Å². The normalized spacial score (nSPS) is 10.4. The summed E-state index contributed by atoms with van der Waals surface area (Å²) in [5.41, 5.74) is 2.49. The fraction of sp³-hybridized carbons (Fsp3) is 0.111. The zero-order chi connectivity index (χ0) is 16.2. The first-order valence-electron chi connectivity index (χ1n) is 7.04. The zero-order valence-corrected chi connectivity index (χ0v) is 12.5. The third-order valence-corrected chi connectivity index (χ3v) is 3.47. The van der Waals surface area contributed by atoms with Crippen LogP contribution in [0.5, 0.6) is 0 Å². The van der Waals surface area contributed by atoms with Crippen LogP contribution in [0.2, 0.25) is 0 Å². The van der Waals surface area contributed by atoms with E-state index in [1.165, 1.54) is 0 Å². The molecule has 1 amide bonds. The summed E-state index contributed by atoms with van der Waals surface area (Å²) < 4.78 is 10.9. The predicted octanol–water partition coefficient (Wildman–Crippen LogP) is 3.70. The first-order valence-corrected chi connectivity index (χ1v) is 7.04. The van der Waals surface area contributed by atoms with E-state index < -0.39 is 0 Å². The van der Waals surface area contributed by atoms with Gasteiger partial charge >= 0.3 is 0 Å². The number of amides is 1. The number of nitrogens with one attached hydrogen (secondary N) is 1. The summed E-state index contributed by atoms with van der Waals surface area (Å²) in [7, 11) is 1.57. The Morgan fingerprint density at radius 3 is 2.65 bits per heavy atom. The summed E-state index contributed by atoms with van der Waals surface area (Å²) in [6, 6.07) is 16.1. The van der Waals surface area contributed by atoms with Gasteiger partial charge in [0.15, 0.2) is 5.76 Å². The third-order valence-electron chi connectivity index (χ3n) is 3.47. The molecule has 0 unspecified atom stereocenters. The SMILES string of the molecule is COCc1c(C(=O)Nc2ccc(C#N)cc2)oc2ccccc12. The Hall–Kier alpha value is -3.10. The molecule has 0 aliphatic rings. The van der Waals surface area contributed by atoms with Gasteiger partial charge < -0.3 is 14.5 Å². The van der Waals surface area contributed by atoms with Gasteiger partial charge in [0.1, 0.15) is 5.58 Å². The number of hydrogen-bond donors (Lipinski definition) is 1. The van der Waals surface area contributed by atoms with Crippen LogP contribution < -0.4 is 5.32 Å². The average molecular weight is 306 g/mol. The number of benzene rings is 2. The van der Waals surface area contributed by atoms with E-state index in [-0.39, 0.29) is 18.3 Å². The molecule has 114 valence electrons. The number of carbonyl (C=O) groups excluding carboxylic acids is 1. The summed E-state index contributed by atoms with van der Waals surface area (Å²) in [6.45, 7) is 0.285. The second kappa shape index (κ2) is 6.34. The van der Waals surface area contributed by atoms with Gasteiger partial charge in [-0.25, -0.2) is 0 Å². The van der Waals surface area contributed by atoms with Crippen molar-refractivity contribution in [2.24, 2.45) is 0 Å². The summed E-state index contributed by atoms with van der Waals surface area (Å²) >= 11 is 0. The second-order valence-corrected chi connectivity index (χ2v) is 4.98. The molecule has 0 bridgehead atoms. The molecule has 5 heteroatoms. The Kier molecular flexibility index (Phi) is 4.09. The smallest absolute Gasteiger partial charge is 0.291 e. The van der Waals surface area contributed by atoms with E-state index >= 15 is 0 Å². The van der Waals surface area contributed by atoms with Crippen LogP contribution in [0.4, 0.5) is 5.69 Å². The summed E-state index contributed by atoms with van der Waals surface area (Å²) in [4.78, 5) is 12.5. The average Bonchev–Trinajstić information content (AvgIpc) is 2.95. The Morgan fingerprint density at radius 1 is 1.22 bits per heavy atom. The Morgan fingerprint density at radius 2 is 1.96 bits per heavy atom. The molecule has 0 spiro atoms. The molecule has 0 aliphatic carbocycles. The number of nitriles is 1. The summed E-state index contributed by atoms with van der Waals surface area (Å²) in [5, 5.41) is 12.4. The molecule has 1 aromatic heterocycles. The molecule has 0 aliphatic heterocycles. The van der Waals surface area contributed by atoms with Crippen molar-refractivity contribution in [1.82, 2.24) is 0 Å². The maximum atomic E-state index is 12.5. The molecular weight excluding hydrogens is 292 g/mol. The number of carbonyl (C=O) groups is 1. The van der Waals surface area contributed by atoms with Gasteiger partial charge in [-0.3, -0.25) is 4.79 Å². The van der Waals surface area contributed by atoms with Gasteiger partial charge in [0.05, 0.1) is 18.2 Å². The fourth-order valence-electron chi connectivity index (χ4n) is 2.39. The van der Waals surface area contributed by atoms with Crippen molar-refractivity contribution in [3.05, 3.63) is 65.4 Å². The molecule has 0 atom stereocenters. The highest BCUT2D eigenvalue weighted by Gasteiger charge is 2.20. The maximum absolute atomic E-state index is 12.5. The quantitative estimate of drug-likeness (QED) is 0.797. The lowest BCUT2D eigenvalue weighted by atomic mass is 10.1. The number of furan rings is 1. The number of ether oxygens (including phenoxy) is 1. The number of anilines is 1. The van der Waals surface area contributed by atoms with Crippen molar-refractivity contribution < 1.29 is 13.9 Å². The molecule has 0 saturated heterocycles. The standard InChI is InChI=1S/C18H14N2O3/c1-22-11-15-14-4-2-3-5-16(14)23-17(15)18(21)20-13-8-6-12(10-19)7-9-13/h2-9H,11H2,1H3,(H,20,21). The van der Waals surface area contributed by atoms with Gasteiger partial charge in [0.2, 0.25) is 0 Å².